The molecule has 1 aromatic rings. The van der Waals surface area contributed by atoms with Crippen molar-refractivity contribution in [2.45, 2.75) is 6.04 Å². The maximum absolute atomic E-state index is 8.78. The van der Waals surface area contributed by atoms with Crippen molar-refractivity contribution in [1.29, 1.82) is 0 Å². The second-order valence-corrected chi connectivity index (χ2v) is 3.72. The molecular weight excluding hydrogens is 241 g/mol. The van der Waals surface area contributed by atoms with Crippen LogP contribution >= 0.6 is 27.5 Å². The van der Waals surface area contributed by atoms with Gasteiger partial charge in [-0.3, -0.25) is 0 Å². The van der Waals surface area contributed by atoms with E-state index in [0.29, 0.717) is 5.02 Å². The van der Waals surface area contributed by atoms with Gasteiger partial charge in [-0.15, -0.1) is 0 Å². The van der Waals surface area contributed by atoms with Gasteiger partial charge in [-0.2, -0.15) is 0 Å². The monoisotopic (exact) mass is 249 g/mol. The Kier molecular flexibility index (Phi) is 3.53. The van der Waals surface area contributed by atoms with Gasteiger partial charge in [-0.1, -0.05) is 17.7 Å². The summed E-state index contributed by atoms with van der Waals surface area (Å²) in [5.41, 5.74) is 6.47. The molecule has 0 aliphatic carbocycles. The lowest BCUT2D eigenvalue weighted by Crippen LogP contribution is -2.14. The Morgan fingerprint density at radius 3 is 2.75 bits per heavy atom. The highest BCUT2D eigenvalue weighted by Gasteiger charge is 2.05. The molecule has 1 atom stereocenters. The predicted octanol–water partition coefficient (Wildman–Crippen LogP) is 2.09. The first-order chi connectivity index (χ1) is 5.65. The summed E-state index contributed by atoms with van der Waals surface area (Å²) in [5, 5.41) is 9.42. The summed E-state index contributed by atoms with van der Waals surface area (Å²) in [5.74, 6) is 0. The van der Waals surface area contributed by atoms with Gasteiger partial charge in [0.05, 0.1) is 17.7 Å². The van der Waals surface area contributed by atoms with Crippen LogP contribution in [0.2, 0.25) is 5.02 Å². The molecule has 0 fully saturated rings. The van der Waals surface area contributed by atoms with Gasteiger partial charge in [0.2, 0.25) is 0 Å². The largest absolute Gasteiger partial charge is 0.394 e. The van der Waals surface area contributed by atoms with Crippen LogP contribution in [0, 0.1) is 0 Å². The van der Waals surface area contributed by atoms with Gasteiger partial charge in [-0.25, -0.2) is 0 Å². The van der Waals surface area contributed by atoms with Gasteiger partial charge in [-0.05, 0) is 33.6 Å². The Hall–Kier alpha value is -0.0900. The first-order valence-corrected chi connectivity index (χ1v) is 4.63. The zero-order valence-corrected chi connectivity index (χ0v) is 8.64. The zero-order chi connectivity index (χ0) is 9.14. The van der Waals surface area contributed by atoms with E-state index in [1.165, 1.54) is 0 Å². The van der Waals surface area contributed by atoms with Crippen molar-refractivity contribution < 1.29 is 5.11 Å². The highest BCUT2D eigenvalue weighted by molar-refractivity contribution is 9.10. The van der Waals surface area contributed by atoms with Crippen LogP contribution in [-0.2, 0) is 0 Å². The minimum absolute atomic E-state index is 0.0614. The fourth-order valence-electron chi connectivity index (χ4n) is 0.848. The normalized spacial score (nSPS) is 13.0. The van der Waals surface area contributed by atoms with Crippen LogP contribution in [0.15, 0.2) is 22.7 Å². The van der Waals surface area contributed by atoms with Crippen LogP contribution in [0.5, 0.6) is 0 Å². The standard InChI is InChI=1S/C8H9BrClNO/c9-6-3-5(8(11)4-12)1-2-7(6)10/h1-3,8,12H,4,11H2. The molecule has 3 N–H and O–H groups in total. The molecule has 2 nitrogen and oxygen atoms in total. The van der Waals surface area contributed by atoms with Crippen molar-refractivity contribution >= 4 is 27.5 Å². The van der Waals surface area contributed by atoms with Crippen molar-refractivity contribution in [2.75, 3.05) is 6.61 Å². The van der Waals surface area contributed by atoms with E-state index in [0.717, 1.165) is 10.0 Å². The molecule has 66 valence electrons. The minimum atomic E-state index is -0.335. The Morgan fingerprint density at radius 1 is 1.58 bits per heavy atom. The molecule has 0 aliphatic heterocycles. The molecule has 0 saturated carbocycles. The minimum Gasteiger partial charge on any atom is -0.394 e. The van der Waals surface area contributed by atoms with Crippen molar-refractivity contribution in [3.63, 3.8) is 0 Å². The van der Waals surface area contributed by atoms with Gasteiger partial charge < -0.3 is 10.8 Å². The third kappa shape index (κ3) is 2.20. The first kappa shape index (κ1) is 9.99. The van der Waals surface area contributed by atoms with Crippen LogP contribution in [0.4, 0.5) is 0 Å². The summed E-state index contributed by atoms with van der Waals surface area (Å²) < 4.78 is 0.797. The number of benzene rings is 1. The van der Waals surface area contributed by atoms with E-state index in [-0.39, 0.29) is 12.6 Å². The van der Waals surface area contributed by atoms with E-state index in [1.54, 1.807) is 12.1 Å². The molecule has 1 unspecified atom stereocenters. The van der Waals surface area contributed by atoms with Crippen LogP contribution in [-0.4, -0.2) is 11.7 Å². The number of aliphatic hydroxyl groups is 1. The third-order valence-corrected chi connectivity index (χ3v) is 2.78. The molecular formula is C8H9BrClNO. The van der Waals surface area contributed by atoms with Crippen molar-refractivity contribution in [3.05, 3.63) is 33.3 Å². The quantitative estimate of drug-likeness (QED) is 0.844. The summed E-state index contributed by atoms with van der Waals surface area (Å²) >= 11 is 9.05. The molecule has 0 aliphatic rings. The predicted molar refractivity (Wildman–Crippen MR) is 53.2 cm³/mol. The van der Waals surface area contributed by atoms with Crippen LogP contribution in [0.1, 0.15) is 11.6 Å². The van der Waals surface area contributed by atoms with Gasteiger partial charge in [0.25, 0.3) is 0 Å². The summed E-state index contributed by atoms with van der Waals surface area (Å²) in [4.78, 5) is 0. The van der Waals surface area contributed by atoms with E-state index < -0.39 is 0 Å². The van der Waals surface area contributed by atoms with Gasteiger partial charge in [0.1, 0.15) is 0 Å². The SMILES string of the molecule is NC(CO)c1ccc(Cl)c(Br)c1. The van der Waals surface area contributed by atoms with Crippen LogP contribution in [0.25, 0.3) is 0 Å². The molecule has 0 aromatic heterocycles. The van der Waals surface area contributed by atoms with E-state index >= 15 is 0 Å². The zero-order valence-electron chi connectivity index (χ0n) is 6.30. The molecule has 0 spiro atoms. The lowest BCUT2D eigenvalue weighted by Gasteiger charge is -2.08. The average Bonchev–Trinajstić information content (AvgIpc) is 2.08. The highest BCUT2D eigenvalue weighted by atomic mass is 79.9. The number of aliphatic hydroxyl groups excluding tert-OH is 1. The molecule has 1 rings (SSSR count). The van der Waals surface area contributed by atoms with Crippen molar-refractivity contribution in [2.24, 2.45) is 5.73 Å². The molecule has 1 aromatic carbocycles. The van der Waals surface area contributed by atoms with Gasteiger partial charge in [0, 0.05) is 4.47 Å². The molecule has 0 heterocycles. The molecule has 0 radical (unpaired) electrons. The maximum atomic E-state index is 8.78. The smallest absolute Gasteiger partial charge is 0.0624 e. The Morgan fingerprint density at radius 2 is 2.25 bits per heavy atom. The third-order valence-electron chi connectivity index (χ3n) is 1.57. The first-order valence-electron chi connectivity index (χ1n) is 3.46. The van der Waals surface area contributed by atoms with E-state index in [2.05, 4.69) is 15.9 Å². The number of halogens is 2. The van der Waals surface area contributed by atoms with E-state index in [1.807, 2.05) is 6.07 Å². The summed E-state index contributed by atoms with van der Waals surface area (Å²) in [6, 6.07) is 5.02. The Labute approximate surface area is 84.5 Å². The summed E-state index contributed by atoms with van der Waals surface area (Å²) in [7, 11) is 0. The highest BCUT2D eigenvalue weighted by Crippen LogP contribution is 2.25. The molecule has 0 bridgehead atoms. The summed E-state index contributed by atoms with van der Waals surface area (Å²) in [6.45, 7) is -0.0614. The number of rotatable bonds is 2. The topological polar surface area (TPSA) is 46.2 Å². The van der Waals surface area contributed by atoms with Crippen molar-refractivity contribution in [3.8, 4) is 0 Å². The van der Waals surface area contributed by atoms with Crippen LogP contribution in [0.3, 0.4) is 0 Å². The molecule has 0 saturated heterocycles. The number of hydrogen-bond acceptors (Lipinski definition) is 2. The average molecular weight is 251 g/mol. The fourth-order valence-corrected chi connectivity index (χ4v) is 1.36. The number of hydrogen-bond donors (Lipinski definition) is 2. The lowest BCUT2D eigenvalue weighted by atomic mass is 10.1. The molecule has 0 amide bonds. The lowest BCUT2D eigenvalue weighted by molar-refractivity contribution is 0.268. The van der Waals surface area contributed by atoms with Crippen LogP contribution < -0.4 is 5.73 Å². The Bertz CT molecular complexity index is 280. The summed E-state index contributed by atoms with van der Waals surface area (Å²) in [6.07, 6.45) is 0. The molecule has 12 heavy (non-hydrogen) atoms. The van der Waals surface area contributed by atoms with E-state index in [4.69, 9.17) is 22.4 Å². The second-order valence-electron chi connectivity index (χ2n) is 2.46. The fraction of sp³-hybridized carbons (Fsp3) is 0.250. The second kappa shape index (κ2) is 4.23. The Balaban J connectivity index is 2.96. The van der Waals surface area contributed by atoms with Gasteiger partial charge >= 0.3 is 0 Å². The van der Waals surface area contributed by atoms with Crippen molar-refractivity contribution in [1.82, 2.24) is 0 Å². The van der Waals surface area contributed by atoms with Gasteiger partial charge in [0.15, 0.2) is 0 Å². The molecule has 4 heteroatoms. The number of nitrogens with two attached hydrogens (primary N) is 1. The van der Waals surface area contributed by atoms with E-state index in [9.17, 15) is 0 Å². The maximum Gasteiger partial charge on any atom is 0.0624 e.